The van der Waals surface area contributed by atoms with Crippen LogP contribution in [0.5, 0.6) is 5.75 Å². The quantitative estimate of drug-likeness (QED) is 0.323. The summed E-state index contributed by atoms with van der Waals surface area (Å²) in [7, 11) is 1.31. The lowest BCUT2D eigenvalue weighted by molar-refractivity contribution is -0.118. The van der Waals surface area contributed by atoms with E-state index in [4.69, 9.17) is 4.74 Å². The maximum atomic E-state index is 14.5. The fourth-order valence-corrected chi connectivity index (χ4v) is 4.81. The molecule has 0 saturated carbocycles. The molecular weight excluding hydrogens is 501 g/mol. The van der Waals surface area contributed by atoms with Gasteiger partial charge in [0.05, 0.1) is 18.2 Å². The van der Waals surface area contributed by atoms with Crippen LogP contribution in [0, 0.1) is 5.82 Å². The molecule has 9 heteroatoms. The number of piperidine rings is 1. The number of halogens is 1. The topological polar surface area (TPSA) is 101 Å². The number of aromatic amines is 1. The second kappa shape index (κ2) is 11.4. The number of hydrogen-bond acceptors (Lipinski definition) is 5. The first-order chi connectivity index (χ1) is 18.9. The van der Waals surface area contributed by atoms with Crippen molar-refractivity contribution in [2.45, 2.75) is 18.8 Å². The standard InChI is InChI=1S/C30H28FN3O5/c1-38-30(37)21-4-8-24(9-5-21)39-18-28(35)33-23-6-2-19(3-7-23)20-11-14-34(15-12-20)29(36)25-16-22-10-13-32-27(22)17-26(25)31/h2-10,13,16-17,20,32H,11-12,14-15,18H2,1H3,(H,33,35). The van der Waals surface area contributed by atoms with Gasteiger partial charge in [-0.15, -0.1) is 0 Å². The lowest BCUT2D eigenvalue weighted by Gasteiger charge is -2.32. The van der Waals surface area contributed by atoms with Gasteiger partial charge in [0.25, 0.3) is 11.8 Å². The first-order valence-electron chi connectivity index (χ1n) is 12.7. The van der Waals surface area contributed by atoms with Crippen LogP contribution >= 0.6 is 0 Å². The Labute approximate surface area is 224 Å². The van der Waals surface area contributed by atoms with Crippen molar-refractivity contribution in [2.75, 3.05) is 32.1 Å². The summed E-state index contributed by atoms with van der Waals surface area (Å²) in [6.07, 6.45) is 3.27. The maximum absolute atomic E-state index is 14.5. The largest absolute Gasteiger partial charge is 0.484 e. The number of benzene rings is 3. The summed E-state index contributed by atoms with van der Waals surface area (Å²) in [5.41, 5.74) is 2.94. The highest BCUT2D eigenvalue weighted by Crippen LogP contribution is 2.30. The van der Waals surface area contributed by atoms with Gasteiger partial charge in [-0.05, 0) is 78.9 Å². The van der Waals surface area contributed by atoms with E-state index in [-0.39, 0.29) is 29.9 Å². The molecule has 1 fully saturated rings. The molecule has 2 amide bonds. The van der Waals surface area contributed by atoms with Gasteiger partial charge >= 0.3 is 5.97 Å². The average molecular weight is 530 g/mol. The van der Waals surface area contributed by atoms with Crippen LogP contribution in [0.2, 0.25) is 0 Å². The first kappa shape index (κ1) is 26.0. The van der Waals surface area contributed by atoms with Crippen LogP contribution in [-0.2, 0) is 9.53 Å². The van der Waals surface area contributed by atoms with Crippen molar-refractivity contribution in [3.8, 4) is 5.75 Å². The Bertz CT molecular complexity index is 1490. The van der Waals surface area contributed by atoms with E-state index in [0.29, 0.717) is 35.6 Å². The molecule has 39 heavy (non-hydrogen) atoms. The summed E-state index contributed by atoms with van der Waals surface area (Å²) in [4.78, 5) is 41.5. The third kappa shape index (κ3) is 5.93. The van der Waals surface area contributed by atoms with E-state index in [1.807, 2.05) is 30.3 Å². The number of anilines is 1. The van der Waals surface area contributed by atoms with Gasteiger partial charge < -0.3 is 24.7 Å². The lowest BCUT2D eigenvalue weighted by atomic mass is 9.89. The van der Waals surface area contributed by atoms with Crippen molar-refractivity contribution in [1.29, 1.82) is 0 Å². The molecule has 200 valence electrons. The number of carbonyl (C=O) groups excluding carboxylic acids is 3. The molecule has 4 aromatic rings. The number of H-pyrrole nitrogens is 1. The number of ether oxygens (including phenoxy) is 2. The molecule has 2 N–H and O–H groups in total. The van der Waals surface area contributed by atoms with Crippen LogP contribution in [0.3, 0.4) is 0 Å². The summed E-state index contributed by atoms with van der Waals surface area (Å²) in [5.74, 6) is -0.817. The van der Waals surface area contributed by atoms with Crippen molar-refractivity contribution in [3.05, 3.63) is 95.4 Å². The van der Waals surface area contributed by atoms with Crippen molar-refractivity contribution >= 4 is 34.4 Å². The fourth-order valence-electron chi connectivity index (χ4n) is 4.81. The molecule has 1 aromatic heterocycles. The highest BCUT2D eigenvalue weighted by Gasteiger charge is 2.26. The number of rotatable bonds is 7. The van der Waals surface area contributed by atoms with E-state index < -0.39 is 11.8 Å². The number of hydrogen-bond donors (Lipinski definition) is 2. The summed E-state index contributed by atoms with van der Waals surface area (Å²) in [6, 6.07) is 18.8. The van der Waals surface area contributed by atoms with E-state index in [1.54, 1.807) is 41.4 Å². The van der Waals surface area contributed by atoms with Gasteiger partial charge in [-0.25, -0.2) is 9.18 Å². The number of fused-ring (bicyclic) bond motifs is 1. The zero-order valence-electron chi connectivity index (χ0n) is 21.4. The number of esters is 1. The zero-order chi connectivity index (χ0) is 27.4. The smallest absolute Gasteiger partial charge is 0.337 e. The Morgan fingerprint density at radius 1 is 1.00 bits per heavy atom. The Morgan fingerprint density at radius 3 is 2.41 bits per heavy atom. The summed E-state index contributed by atoms with van der Waals surface area (Å²) >= 11 is 0. The Morgan fingerprint density at radius 2 is 1.72 bits per heavy atom. The van der Waals surface area contributed by atoms with Gasteiger partial charge in [0.2, 0.25) is 0 Å². The van der Waals surface area contributed by atoms with Crippen LogP contribution in [-0.4, -0.2) is 54.5 Å². The van der Waals surface area contributed by atoms with Gasteiger partial charge in [0, 0.05) is 35.9 Å². The van der Waals surface area contributed by atoms with E-state index in [9.17, 15) is 18.8 Å². The second-order valence-electron chi connectivity index (χ2n) is 9.44. The van der Waals surface area contributed by atoms with Gasteiger partial charge in [0.1, 0.15) is 11.6 Å². The molecule has 5 rings (SSSR count). The molecular formula is C30H28FN3O5. The molecule has 2 heterocycles. The van der Waals surface area contributed by atoms with E-state index >= 15 is 0 Å². The molecule has 0 spiro atoms. The molecule has 1 saturated heterocycles. The predicted molar refractivity (Wildman–Crippen MR) is 144 cm³/mol. The summed E-state index contributed by atoms with van der Waals surface area (Å²) in [6.45, 7) is 0.915. The normalized spacial score (nSPS) is 13.7. The van der Waals surface area contributed by atoms with Crippen molar-refractivity contribution in [2.24, 2.45) is 0 Å². The molecule has 8 nitrogen and oxygen atoms in total. The van der Waals surface area contributed by atoms with Crippen LogP contribution in [0.15, 0.2) is 72.9 Å². The minimum absolute atomic E-state index is 0.0998. The number of aromatic nitrogens is 1. The molecule has 0 atom stereocenters. The minimum Gasteiger partial charge on any atom is -0.484 e. The molecule has 3 aromatic carbocycles. The Balaban J connectivity index is 1.10. The molecule has 0 aliphatic carbocycles. The van der Waals surface area contributed by atoms with Crippen LogP contribution in [0.25, 0.3) is 10.9 Å². The molecule has 1 aliphatic rings. The number of methoxy groups -OCH3 is 1. The van der Waals surface area contributed by atoms with Gasteiger partial charge in [-0.2, -0.15) is 0 Å². The van der Waals surface area contributed by atoms with E-state index in [2.05, 4.69) is 15.0 Å². The van der Waals surface area contributed by atoms with Crippen molar-refractivity contribution in [1.82, 2.24) is 9.88 Å². The molecule has 0 radical (unpaired) electrons. The Hall–Kier alpha value is -4.66. The van der Waals surface area contributed by atoms with Crippen LogP contribution in [0.1, 0.15) is 45.0 Å². The lowest BCUT2D eigenvalue weighted by Crippen LogP contribution is -2.38. The summed E-state index contributed by atoms with van der Waals surface area (Å²) in [5, 5.41) is 3.62. The van der Waals surface area contributed by atoms with Crippen LogP contribution < -0.4 is 10.1 Å². The maximum Gasteiger partial charge on any atom is 0.337 e. The minimum atomic E-state index is -0.517. The van der Waals surface area contributed by atoms with E-state index in [1.165, 1.54) is 13.2 Å². The van der Waals surface area contributed by atoms with Gasteiger partial charge in [-0.3, -0.25) is 9.59 Å². The van der Waals surface area contributed by atoms with Gasteiger partial charge in [-0.1, -0.05) is 12.1 Å². The Kier molecular flexibility index (Phi) is 7.58. The zero-order valence-corrected chi connectivity index (χ0v) is 21.4. The molecule has 0 unspecified atom stereocenters. The first-order valence-corrected chi connectivity index (χ1v) is 12.7. The number of likely N-dealkylation sites (tertiary alicyclic amines) is 1. The third-order valence-electron chi connectivity index (χ3n) is 6.96. The monoisotopic (exact) mass is 529 g/mol. The number of nitrogens with zero attached hydrogens (tertiary/aromatic N) is 1. The highest BCUT2D eigenvalue weighted by atomic mass is 19.1. The SMILES string of the molecule is COC(=O)c1ccc(OCC(=O)Nc2ccc(C3CCN(C(=O)c4cc5cc[nH]c5cc4F)CC3)cc2)cc1. The highest BCUT2D eigenvalue weighted by molar-refractivity contribution is 5.98. The number of carbonyl (C=O) groups is 3. The fraction of sp³-hybridized carbons (Fsp3) is 0.233. The third-order valence-corrected chi connectivity index (χ3v) is 6.96. The molecule has 1 aliphatic heterocycles. The number of amides is 2. The van der Waals surface area contributed by atoms with Crippen molar-refractivity contribution in [3.63, 3.8) is 0 Å². The average Bonchev–Trinajstić information content (AvgIpc) is 3.43. The van der Waals surface area contributed by atoms with Crippen molar-refractivity contribution < 1.29 is 28.2 Å². The van der Waals surface area contributed by atoms with Gasteiger partial charge in [0.15, 0.2) is 6.61 Å². The number of nitrogens with one attached hydrogen (secondary N) is 2. The predicted octanol–water partition coefficient (Wildman–Crippen LogP) is 5.13. The summed E-state index contributed by atoms with van der Waals surface area (Å²) < 4.78 is 24.7. The van der Waals surface area contributed by atoms with Crippen LogP contribution in [0.4, 0.5) is 10.1 Å². The molecule has 0 bridgehead atoms. The van der Waals surface area contributed by atoms with E-state index in [0.717, 1.165) is 23.8 Å². The second-order valence-corrected chi connectivity index (χ2v) is 9.44.